The number of rotatable bonds is 8. The second-order valence-corrected chi connectivity index (χ2v) is 5.44. The van der Waals surface area contributed by atoms with Gasteiger partial charge >= 0.3 is 0 Å². The summed E-state index contributed by atoms with van der Waals surface area (Å²) >= 11 is 5.81. The van der Waals surface area contributed by atoms with Crippen LogP contribution in [0.25, 0.3) is 0 Å². The molecule has 0 aliphatic heterocycles. The number of likely N-dealkylation sites (N-methyl/N-ethyl adjacent to an activating group) is 1. The Morgan fingerprint density at radius 3 is 2.48 bits per heavy atom. The molecule has 5 heteroatoms. The molecule has 0 fully saturated rings. The molecule has 0 aliphatic carbocycles. The Bertz CT molecular complexity index is 602. The minimum Gasteiger partial charge on any atom is -0.492 e. The highest BCUT2D eigenvalue weighted by Crippen LogP contribution is 2.15. The lowest BCUT2D eigenvalue weighted by atomic mass is 10.3. The fourth-order valence-corrected chi connectivity index (χ4v) is 2.27. The maximum atomic E-state index is 12.0. The predicted molar refractivity (Wildman–Crippen MR) is 94.3 cm³/mol. The molecule has 2 rings (SSSR count). The lowest BCUT2D eigenvalue weighted by Crippen LogP contribution is -2.38. The van der Waals surface area contributed by atoms with Gasteiger partial charge in [0.05, 0.1) is 13.1 Å². The number of nitrogens with one attached hydrogen (secondary N) is 1. The van der Waals surface area contributed by atoms with E-state index in [0.717, 1.165) is 18.0 Å². The van der Waals surface area contributed by atoms with Crippen molar-refractivity contribution < 1.29 is 9.53 Å². The van der Waals surface area contributed by atoms with Crippen LogP contribution in [0.5, 0.6) is 5.75 Å². The van der Waals surface area contributed by atoms with Gasteiger partial charge in [-0.3, -0.25) is 4.79 Å². The molecule has 0 saturated heterocycles. The first-order valence-corrected chi connectivity index (χ1v) is 8.02. The summed E-state index contributed by atoms with van der Waals surface area (Å²) < 4.78 is 5.54. The highest BCUT2D eigenvalue weighted by atomic mass is 35.5. The first-order valence-electron chi connectivity index (χ1n) is 7.64. The fourth-order valence-electron chi connectivity index (χ4n) is 2.14. The second-order valence-electron chi connectivity index (χ2n) is 5.00. The number of halogens is 1. The Morgan fingerprint density at radius 1 is 1.13 bits per heavy atom. The van der Waals surface area contributed by atoms with Gasteiger partial charge in [0, 0.05) is 17.3 Å². The van der Waals surface area contributed by atoms with E-state index in [9.17, 15) is 4.79 Å². The van der Waals surface area contributed by atoms with Gasteiger partial charge in [-0.05, 0) is 43.3 Å². The largest absolute Gasteiger partial charge is 0.492 e. The van der Waals surface area contributed by atoms with Crippen LogP contribution in [0.4, 0.5) is 5.69 Å². The Hall–Kier alpha value is -2.20. The summed E-state index contributed by atoms with van der Waals surface area (Å²) in [7, 11) is 0. The van der Waals surface area contributed by atoms with E-state index in [-0.39, 0.29) is 5.91 Å². The third-order valence-electron chi connectivity index (χ3n) is 3.34. The van der Waals surface area contributed by atoms with Crippen molar-refractivity contribution >= 4 is 23.2 Å². The van der Waals surface area contributed by atoms with Gasteiger partial charge in [-0.2, -0.15) is 0 Å². The van der Waals surface area contributed by atoms with Gasteiger partial charge in [0.1, 0.15) is 12.4 Å². The number of carbonyl (C=O) groups excluding carboxylic acids is 1. The molecule has 0 heterocycles. The van der Waals surface area contributed by atoms with Crippen molar-refractivity contribution in [1.82, 2.24) is 5.32 Å². The monoisotopic (exact) mass is 332 g/mol. The van der Waals surface area contributed by atoms with Crippen LogP contribution in [0.15, 0.2) is 54.6 Å². The third-order valence-corrected chi connectivity index (χ3v) is 3.60. The molecule has 2 aromatic rings. The number of para-hydroxylation sites is 1. The summed E-state index contributed by atoms with van der Waals surface area (Å²) in [4.78, 5) is 14.0. The van der Waals surface area contributed by atoms with E-state index in [1.54, 1.807) is 24.3 Å². The zero-order valence-electron chi connectivity index (χ0n) is 13.2. The van der Waals surface area contributed by atoms with E-state index in [0.29, 0.717) is 24.7 Å². The molecular weight excluding hydrogens is 312 g/mol. The van der Waals surface area contributed by atoms with Crippen LogP contribution in [-0.4, -0.2) is 32.1 Å². The maximum absolute atomic E-state index is 12.0. The van der Waals surface area contributed by atoms with Gasteiger partial charge in [0.25, 0.3) is 0 Å². The third kappa shape index (κ3) is 5.83. The van der Waals surface area contributed by atoms with Crippen molar-refractivity contribution in [3.63, 3.8) is 0 Å². The molecule has 1 amide bonds. The molecule has 0 saturated carbocycles. The SMILES string of the molecule is CCN(CC(=O)NCCOc1ccc(Cl)cc1)c1ccccc1. The fraction of sp³-hybridized carbons (Fsp3) is 0.278. The number of hydrogen-bond donors (Lipinski definition) is 1. The van der Waals surface area contributed by atoms with E-state index < -0.39 is 0 Å². The van der Waals surface area contributed by atoms with E-state index in [1.165, 1.54) is 0 Å². The van der Waals surface area contributed by atoms with Gasteiger partial charge in [0.2, 0.25) is 5.91 Å². The summed E-state index contributed by atoms with van der Waals surface area (Å²) in [5.41, 5.74) is 1.04. The zero-order valence-corrected chi connectivity index (χ0v) is 13.9. The Morgan fingerprint density at radius 2 is 1.83 bits per heavy atom. The number of anilines is 1. The number of hydrogen-bond acceptors (Lipinski definition) is 3. The molecule has 0 atom stereocenters. The molecule has 1 N–H and O–H groups in total. The first-order chi connectivity index (χ1) is 11.2. The Labute approximate surface area is 142 Å². The van der Waals surface area contributed by atoms with Crippen LogP contribution in [0, 0.1) is 0 Å². The van der Waals surface area contributed by atoms with Crippen molar-refractivity contribution in [2.24, 2.45) is 0 Å². The summed E-state index contributed by atoms with van der Waals surface area (Å²) in [5.74, 6) is 0.721. The minimum atomic E-state index is -0.0181. The molecule has 122 valence electrons. The first kappa shape index (κ1) is 17.2. The van der Waals surface area contributed by atoms with Crippen LogP contribution in [0.2, 0.25) is 5.02 Å². The van der Waals surface area contributed by atoms with Crippen LogP contribution in [0.1, 0.15) is 6.92 Å². The topological polar surface area (TPSA) is 41.6 Å². The Balaban J connectivity index is 1.71. The lowest BCUT2D eigenvalue weighted by Gasteiger charge is -2.22. The molecule has 4 nitrogen and oxygen atoms in total. The maximum Gasteiger partial charge on any atom is 0.239 e. The average molecular weight is 333 g/mol. The summed E-state index contributed by atoms with van der Waals surface area (Å²) in [6, 6.07) is 17.1. The van der Waals surface area contributed by atoms with Crippen LogP contribution >= 0.6 is 11.6 Å². The molecule has 0 spiro atoms. The van der Waals surface area contributed by atoms with Crippen molar-refractivity contribution in [1.29, 1.82) is 0 Å². The lowest BCUT2D eigenvalue weighted by molar-refractivity contribution is -0.119. The van der Waals surface area contributed by atoms with Crippen molar-refractivity contribution in [2.75, 3.05) is 31.1 Å². The summed E-state index contributed by atoms with van der Waals surface area (Å²) in [5, 5.41) is 3.54. The van der Waals surface area contributed by atoms with Crippen molar-refractivity contribution in [3.8, 4) is 5.75 Å². The van der Waals surface area contributed by atoms with Crippen LogP contribution in [0.3, 0.4) is 0 Å². The van der Waals surface area contributed by atoms with E-state index in [2.05, 4.69) is 5.32 Å². The van der Waals surface area contributed by atoms with Gasteiger partial charge < -0.3 is 15.0 Å². The summed E-state index contributed by atoms with van der Waals surface area (Å²) in [6.45, 7) is 4.03. The van der Waals surface area contributed by atoms with E-state index >= 15 is 0 Å². The number of carbonyl (C=O) groups is 1. The number of ether oxygens (including phenoxy) is 1. The predicted octanol–water partition coefficient (Wildman–Crippen LogP) is 3.36. The molecule has 0 bridgehead atoms. The van der Waals surface area contributed by atoms with Gasteiger partial charge in [-0.25, -0.2) is 0 Å². The molecule has 0 unspecified atom stereocenters. The molecular formula is C18H21ClN2O2. The molecule has 0 radical (unpaired) electrons. The van der Waals surface area contributed by atoms with E-state index in [1.807, 2.05) is 42.2 Å². The van der Waals surface area contributed by atoms with Crippen molar-refractivity contribution in [3.05, 3.63) is 59.6 Å². The van der Waals surface area contributed by atoms with Gasteiger partial charge in [-0.15, -0.1) is 0 Å². The molecule has 2 aromatic carbocycles. The Kier molecular flexibility index (Phi) is 6.76. The highest BCUT2D eigenvalue weighted by Gasteiger charge is 2.09. The van der Waals surface area contributed by atoms with Gasteiger partial charge in [-0.1, -0.05) is 29.8 Å². The molecule has 23 heavy (non-hydrogen) atoms. The minimum absolute atomic E-state index is 0.0181. The average Bonchev–Trinajstić information content (AvgIpc) is 2.59. The van der Waals surface area contributed by atoms with Gasteiger partial charge in [0.15, 0.2) is 0 Å². The molecule has 0 aliphatic rings. The smallest absolute Gasteiger partial charge is 0.239 e. The molecule has 0 aromatic heterocycles. The number of nitrogens with zero attached hydrogens (tertiary/aromatic N) is 1. The zero-order chi connectivity index (χ0) is 16.5. The number of amides is 1. The van der Waals surface area contributed by atoms with E-state index in [4.69, 9.17) is 16.3 Å². The standard InChI is InChI=1S/C18H21ClN2O2/c1-2-21(16-6-4-3-5-7-16)14-18(22)20-12-13-23-17-10-8-15(19)9-11-17/h3-11H,2,12-14H2,1H3,(H,20,22). The summed E-state index contributed by atoms with van der Waals surface area (Å²) in [6.07, 6.45) is 0. The second kappa shape index (κ2) is 9.06. The van der Waals surface area contributed by atoms with Crippen LogP contribution in [-0.2, 0) is 4.79 Å². The van der Waals surface area contributed by atoms with Crippen LogP contribution < -0.4 is 15.0 Å². The van der Waals surface area contributed by atoms with Crippen molar-refractivity contribution in [2.45, 2.75) is 6.92 Å². The normalized spacial score (nSPS) is 10.2. The quantitative estimate of drug-likeness (QED) is 0.754. The number of benzene rings is 2. The highest BCUT2D eigenvalue weighted by molar-refractivity contribution is 6.30.